The van der Waals surface area contributed by atoms with E-state index in [9.17, 15) is 0 Å². The van der Waals surface area contributed by atoms with E-state index in [2.05, 4.69) is 23.5 Å². The van der Waals surface area contributed by atoms with Gasteiger partial charge in [0.1, 0.15) is 11.5 Å². The first-order valence-corrected chi connectivity index (χ1v) is 3.67. The zero-order valence-corrected chi connectivity index (χ0v) is 6.64. The van der Waals surface area contributed by atoms with Gasteiger partial charge in [-0.15, -0.1) is 4.68 Å². The third-order valence-electron chi connectivity index (χ3n) is 1.12. The average Bonchev–Trinajstić information content (AvgIpc) is 2.13. The Morgan fingerprint density at radius 3 is 2.44 bits per heavy atom. The molecule has 50 valence electrons. The first-order chi connectivity index (χ1) is 4.22. The van der Waals surface area contributed by atoms with Crippen LogP contribution in [0.25, 0.3) is 0 Å². The molecule has 0 aliphatic rings. The molecule has 0 saturated heterocycles. The highest BCUT2D eigenvalue weighted by Gasteiger charge is 2.13. The maximum Gasteiger partial charge on any atom is 0.227 e. The molecule has 0 saturated carbocycles. The summed E-state index contributed by atoms with van der Waals surface area (Å²) in [7, 11) is 1.92. The standard InChI is InChI=1S/C5H10N3S/c1-4(2)5-8(3)6-7-9-5/h4H,1-3H3/q+1. The van der Waals surface area contributed by atoms with Crippen molar-refractivity contribution in [1.29, 1.82) is 0 Å². The SMILES string of the molecule is CC(C)c1snn[n+]1C. The van der Waals surface area contributed by atoms with Gasteiger partial charge in [-0.1, -0.05) is 13.8 Å². The van der Waals surface area contributed by atoms with Crippen LogP contribution >= 0.6 is 11.5 Å². The molecule has 0 fully saturated rings. The molecule has 1 aromatic heterocycles. The Morgan fingerprint density at radius 2 is 2.22 bits per heavy atom. The van der Waals surface area contributed by atoms with E-state index in [0.29, 0.717) is 5.92 Å². The van der Waals surface area contributed by atoms with Gasteiger partial charge in [0.2, 0.25) is 5.01 Å². The highest BCUT2D eigenvalue weighted by molar-refractivity contribution is 7.04. The van der Waals surface area contributed by atoms with E-state index >= 15 is 0 Å². The summed E-state index contributed by atoms with van der Waals surface area (Å²) in [5.74, 6) is 0.537. The summed E-state index contributed by atoms with van der Waals surface area (Å²) in [5, 5.41) is 5.04. The van der Waals surface area contributed by atoms with Gasteiger partial charge >= 0.3 is 0 Å². The lowest BCUT2D eigenvalue weighted by Crippen LogP contribution is -2.34. The molecule has 0 bridgehead atoms. The minimum absolute atomic E-state index is 0.537. The molecule has 3 nitrogen and oxygen atoms in total. The molecule has 1 aromatic rings. The smallest absolute Gasteiger partial charge is 0.123 e. The number of hydrogen-bond acceptors (Lipinski definition) is 3. The summed E-state index contributed by atoms with van der Waals surface area (Å²) < 4.78 is 5.61. The molecule has 9 heavy (non-hydrogen) atoms. The van der Waals surface area contributed by atoms with E-state index in [1.165, 1.54) is 16.5 Å². The summed E-state index contributed by atoms with van der Waals surface area (Å²) in [4.78, 5) is 0. The molecule has 0 N–H and O–H groups in total. The largest absolute Gasteiger partial charge is 0.227 e. The van der Waals surface area contributed by atoms with Gasteiger partial charge in [-0.2, -0.15) is 0 Å². The monoisotopic (exact) mass is 144 g/mol. The van der Waals surface area contributed by atoms with Crippen molar-refractivity contribution in [2.75, 3.05) is 0 Å². The molecule has 0 unspecified atom stereocenters. The molecular formula is C5H10N3S+. The van der Waals surface area contributed by atoms with Crippen molar-refractivity contribution >= 4 is 11.5 Å². The molecule has 0 aliphatic carbocycles. The zero-order valence-electron chi connectivity index (χ0n) is 5.83. The predicted molar refractivity (Wildman–Crippen MR) is 35.2 cm³/mol. The van der Waals surface area contributed by atoms with Crippen LogP contribution in [-0.4, -0.2) is 9.70 Å². The van der Waals surface area contributed by atoms with Gasteiger partial charge in [0, 0.05) is 5.92 Å². The normalized spacial score (nSPS) is 10.7. The molecule has 4 heteroatoms. The van der Waals surface area contributed by atoms with Crippen LogP contribution in [0, 0.1) is 0 Å². The third kappa shape index (κ3) is 1.24. The Bertz CT molecular complexity index is 194. The van der Waals surface area contributed by atoms with E-state index in [1.54, 1.807) is 0 Å². The Kier molecular flexibility index (Phi) is 1.75. The van der Waals surface area contributed by atoms with E-state index < -0.39 is 0 Å². The van der Waals surface area contributed by atoms with Crippen molar-refractivity contribution < 1.29 is 4.68 Å². The Balaban J connectivity index is 2.94. The molecule has 0 aromatic carbocycles. The lowest BCUT2D eigenvalue weighted by molar-refractivity contribution is -0.736. The zero-order chi connectivity index (χ0) is 6.85. The number of nitrogens with zero attached hydrogens (tertiary/aromatic N) is 3. The van der Waals surface area contributed by atoms with Crippen LogP contribution in [0.4, 0.5) is 0 Å². The van der Waals surface area contributed by atoms with E-state index in [4.69, 9.17) is 0 Å². The second-order valence-corrected chi connectivity index (χ2v) is 3.04. The van der Waals surface area contributed by atoms with Gasteiger partial charge in [-0.25, -0.2) is 0 Å². The minimum atomic E-state index is 0.537. The second kappa shape index (κ2) is 2.39. The van der Waals surface area contributed by atoms with Crippen LogP contribution in [0.5, 0.6) is 0 Å². The molecule has 1 rings (SSSR count). The second-order valence-electron chi connectivity index (χ2n) is 2.28. The lowest BCUT2D eigenvalue weighted by Gasteiger charge is -1.92. The van der Waals surface area contributed by atoms with Crippen LogP contribution in [0.3, 0.4) is 0 Å². The minimum Gasteiger partial charge on any atom is -0.123 e. The van der Waals surface area contributed by atoms with Crippen molar-refractivity contribution in [1.82, 2.24) is 9.70 Å². The van der Waals surface area contributed by atoms with Crippen LogP contribution < -0.4 is 4.68 Å². The molecule has 0 radical (unpaired) electrons. The van der Waals surface area contributed by atoms with Crippen LogP contribution in [0.2, 0.25) is 0 Å². The highest BCUT2D eigenvalue weighted by Crippen LogP contribution is 2.10. The summed E-state index contributed by atoms with van der Waals surface area (Å²) in [6.07, 6.45) is 0. The van der Waals surface area contributed by atoms with Crippen molar-refractivity contribution in [3.05, 3.63) is 5.01 Å². The fourth-order valence-corrected chi connectivity index (χ4v) is 1.29. The van der Waals surface area contributed by atoms with Crippen LogP contribution in [-0.2, 0) is 7.05 Å². The van der Waals surface area contributed by atoms with Crippen molar-refractivity contribution in [3.63, 3.8) is 0 Å². The molecule has 0 atom stereocenters. The van der Waals surface area contributed by atoms with Gasteiger partial charge in [0.15, 0.2) is 16.7 Å². The van der Waals surface area contributed by atoms with Gasteiger partial charge < -0.3 is 0 Å². The highest BCUT2D eigenvalue weighted by atomic mass is 32.1. The lowest BCUT2D eigenvalue weighted by atomic mass is 10.2. The van der Waals surface area contributed by atoms with E-state index in [0.717, 1.165) is 0 Å². The Labute approximate surface area is 58.5 Å². The quantitative estimate of drug-likeness (QED) is 0.537. The summed E-state index contributed by atoms with van der Waals surface area (Å²) in [5.41, 5.74) is 0. The fourth-order valence-electron chi connectivity index (χ4n) is 0.697. The summed E-state index contributed by atoms with van der Waals surface area (Å²) in [6, 6.07) is 0. The van der Waals surface area contributed by atoms with Crippen LogP contribution in [0.1, 0.15) is 24.8 Å². The van der Waals surface area contributed by atoms with Gasteiger partial charge in [0.05, 0.1) is 0 Å². The Hall–Kier alpha value is -0.510. The van der Waals surface area contributed by atoms with Crippen LogP contribution in [0.15, 0.2) is 0 Å². The predicted octanol–water partition coefficient (Wildman–Crippen LogP) is 0.486. The molecular weight excluding hydrogens is 134 g/mol. The Morgan fingerprint density at radius 1 is 1.56 bits per heavy atom. The maximum atomic E-state index is 3.82. The molecule has 0 aliphatic heterocycles. The van der Waals surface area contributed by atoms with Crippen molar-refractivity contribution in [3.8, 4) is 0 Å². The van der Waals surface area contributed by atoms with Crippen molar-refractivity contribution in [2.24, 2.45) is 7.05 Å². The first-order valence-electron chi connectivity index (χ1n) is 2.90. The van der Waals surface area contributed by atoms with Gasteiger partial charge in [-0.3, -0.25) is 0 Å². The van der Waals surface area contributed by atoms with Crippen molar-refractivity contribution in [2.45, 2.75) is 19.8 Å². The maximum absolute atomic E-state index is 3.82. The third-order valence-corrected chi connectivity index (χ3v) is 2.20. The van der Waals surface area contributed by atoms with Gasteiger partial charge in [0.25, 0.3) is 0 Å². The number of rotatable bonds is 1. The molecule has 1 heterocycles. The number of aromatic nitrogens is 3. The van der Waals surface area contributed by atoms with E-state index in [1.807, 2.05) is 11.7 Å². The molecule has 0 amide bonds. The fraction of sp³-hybridized carbons (Fsp3) is 0.800. The number of aryl methyl sites for hydroxylation is 1. The van der Waals surface area contributed by atoms with E-state index in [-0.39, 0.29) is 0 Å². The summed E-state index contributed by atoms with van der Waals surface area (Å²) >= 11 is 1.46. The molecule has 0 spiro atoms. The first kappa shape index (κ1) is 6.61. The van der Waals surface area contributed by atoms with Gasteiger partial charge in [-0.05, 0) is 0 Å². The average molecular weight is 144 g/mol. The summed E-state index contributed by atoms with van der Waals surface area (Å²) in [6.45, 7) is 4.27. The topological polar surface area (TPSA) is 29.7 Å². The number of hydrogen-bond donors (Lipinski definition) is 0.